The minimum atomic E-state index is -1.25. The molecule has 0 saturated carbocycles. The third-order valence-electron chi connectivity index (χ3n) is 3.76. The summed E-state index contributed by atoms with van der Waals surface area (Å²) in [6.07, 6.45) is 1.59. The van der Waals surface area contributed by atoms with E-state index in [-0.39, 0.29) is 18.0 Å². The van der Waals surface area contributed by atoms with Crippen molar-refractivity contribution in [1.82, 2.24) is 9.78 Å². The largest absolute Gasteiger partial charge is 0.388 e. The Hall–Kier alpha value is -1.75. The average molecular weight is 294 g/mol. The van der Waals surface area contributed by atoms with Crippen molar-refractivity contribution in [3.63, 3.8) is 0 Å². The number of rotatable bonds is 5. The molecule has 2 aromatic rings. The normalized spacial score (nSPS) is 14.2. The number of aliphatic hydroxyl groups excluding tert-OH is 1. The van der Waals surface area contributed by atoms with Crippen molar-refractivity contribution in [3.8, 4) is 0 Å². The van der Waals surface area contributed by atoms with Gasteiger partial charge in [0.2, 0.25) is 0 Å². The van der Waals surface area contributed by atoms with Crippen molar-refractivity contribution in [2.24, 2.45) is 0 Å². The highest BCUT2D eigenvalue weighted by Crippen LogP contribution is 2.25. The summed E-state index contributed by atoms with van der Waals surface area (Å²) in [4.78, 5) is 0. The maximum absolute atomic E-state index is 14.0. The lowest BCUT2D eigenvalue weighted by molar-refractivity contribution is 0.166. The fourth-order valence-corrected chi connectivity index (χ4v) is 2.20. The number of halogens is 2. The molecule has 1 heterocycles. The van der Waals surface area contributed by atoms with Crippen molar-refractivity contribution < 1.29 is 13.9 Å². The second-order valence-electron chi connectivity index (χ2n) is 5.36. The number of aromatic nitrogens is 2. The molecule has 0 fully saturated rings. The van der Waals surface area contributed by atoms with Crippen LogP contribution in [0.2, 0.25) is 0 Å². The van der Waals surface area contributed by atoms with E-state index in [1.807, 2.05) is 13.1 Å². The van der Waals surface area contributed by atoms with Crippen molar-refractivity contribution in [1.29, 1.82) is 0 Å². The molecule has 5 heteroatoms. The summed E-state index contributed by atoms with van der Waals surface area (Å²) in [7, 11) is 0. The fourth-order valence-electron chi connectivity index (χ4n) is 2.20. The smallest absolute Gasteiger partial charge is 0.134 e. The van der Waals surface area contributed by atoms with E-state index in [1.165, 1.54) is 12.1 Å². The highest BCUT2D eigenvalue weighted by atomic mass is 19.1. The molecule has 0 radical (unpaired) electrons. The monoisotopic (exact) mass is 294 g/mol. The standard InChI is InChI=1S/C16H20F2N2O/c1-4-11(3)20-8-7-12(19-20)9-14(21)15-13(17)6-5-10(2)16(15)18/h5-8,11,14,21H,4,9H2,1-3H3. The van der Waals surface area contributed by atoms with Crippen LogP contribution in [0.1, 0.15) is 49.2 Å². The van der Waals surface area contributed by atoms with Crippen molar-refractivity contribution in [2.75, 3.05) is 0 Å². The zero-order valence-electron chi connectivity index (χ0n) is 12.5. The molecule has 1 N–H and O–H groups in total. The van der Waals surface area contributed by atoms with Gasteiger partial charge in [0.15, 0.2) is 0 Å². The lowest BCUT2D eigenvalue weighted by atomic mass is 10.0. The van der Waals surface area contributed by atoms with E-state index >= 15 is 0 Å². The van der Waals surface area contributed by atoms with E-state index in [4.69, 9.17) is 0 Å². The van der Waals surface area contributed by atoms with Gasteiger partial charge in [0.25, 0.3) is 0 Å². The molecular formula is C16H20F2N2O. The Morgan fingerprint density at radius 1 is 1.29 bits per heavy atom. The van der Waals surface area contributed by atoms with Crippen LogP contribution in [0.5, 0.6) is 0 Å². The molecule has 0 spiro atoms. The van der Waals surface area contributed by atoms with Crippen molar-refractivity contribution in [3.05, 3.63) is 52.9 Å². The van der Waals surface area contributed by atoms with Gasteiger partial charge in [0.05, 0.1) is 17.4 Å². The first-order valence-corrected chi connectivity index (χ1v) is 7.10. The summed E-state index contributed by atoms with van der Waals surface area (Å²) in [5.74, 6) is -1.42. The van der Waals surface area contributed by atoms with Crippen LogP contribution in [0, 0.1) is 18.6 Å². The summed E-state index contributed by atoms with van der Waals surface area (Å²) >= 11 is 0. The van der Waals surface area contributed by atoms with Gasteiger partial charge in [-0.1, -0.05) is 13.0 Å². The van der Waals surface area contributed by atoms with E-state index < -0.39 is 17.7 Å². The zero-order valence-corrected chi connectivity index (χ0v) is 12.5. The Morgan fingerprint density at radius 3 is 2.67 bits per heavy atom. The molecular weight excluding hydrogens is 274 g/mol. The van der Waals surface area contributed by atoms with Gasteiger partial charge >= 0.3 is 0 Å². The zero-order chi connectivity index (χ0) is 15.6. The maximum atomic E-state index is 14.0. The molecule has 1 aromatic heterocycles. The fraction of sp³-hybridized carbons (Fsp3) is 0.438. The summed E-state index contributed by atoms with van der Waals surface area (Å²) in [6, 6.07) is 4.55. The molecule has 0 amide bonds. The number of benzene rings is 1. The third-order valence-corrected chi connectivity index (χ3v) is 3.76. The molecule has 0 bridgehead atoms. The summed E-state index contributed by atoms with van der Waals surface area (Å²) in [5, 5.41) is 14.5. The number of aliphatic hydroxyl groups is 1. The van der Waals surface area contributed by atoms with E-state index in [9.17, 15) is 13.9 Å². The molecule has 0 aliphatic heterocycles. The number of aryl methyl sites for hydroxylation is 1. The first kappa shape index (κ1) is 15.6. The molecule has 3 nitrogen and oxygen atoms in total. The molecule has 0 saturated heterocycles. The van der Waals surface area contributed by atoms with Crippen LogP contribution in [0.25, 0.3) is 0 Å². The van der Waals surface area contributed by atoms with Gasteiger partial charge in [0, 0.05) is 18.7 Å². The van der Waals surface area contributed by atoms with Crippen LogP contribution in [0.4, 0.5) is 8.78 Å². The number of nitrogens with zero attached hydrogens (tertiary/aromatic N) is 2. The Labute approximate surface area is 123 Å². The van der Waals surface area contributed by atoms with Gasteiger partial charge < -0.3 is 5.11 Å². The molecule has 2 atom stereocenters. The molecule has 2 unspecified atom stereocenters. The van der Waals surface area contributed by atoms with Gasteiger partial charge in [-0.25, -0.2) is 8.78 Å². The van der Waals surface area contributed by atoms with Crippen LogP contribution in [-0.2, 0) is 6.42 Å². The summed E-state index contributed by atoms with van der Waals surface area (Å²) in [5.41, 5.74) is 0.645. The lowest BCUT2D eigenvalue weighted by Gasteiger charge is -2.13. The first-order valence-electron chi connectivity index (χ1n) is 7.10. The summed E-state index contributed by atoms with van der Waals surface area (Å²) < 4.78 is 29.5. The molecule has 1 aromatic carbocycles. The molecule has 0 aliphatic rings. The predicted octanol–water partition coefficient (Wildman–Crippen LogP) is 3.72. The van der Waals surface area contributed by atoms with Crippen molar-refractivity contribution >= 4 is 0 Å². The summed E-state index contributed by atoms with van der Waals surface area (Å²) in [6.45, 7) is 5.63. The van der Waals surface area contributed by atoms with E-state index in [2.05, 4.69) is 12.0 Å². The minimum Gasteiger partial charge on any atom is -0.388 e. The van der Waals surface area contributed by atoms with Gasteiger partial charge in [0.1, 0.15) is 11.6 Å². The third kappa shape index (κ3) is 3.29. The van der Waals surface area contributed by atoms with E-state index in [1.54, 1.807) is 17.7 Å². The molecule has 0 aliphatic carbocycles. The Balaban J connectivity index is 2.20. The molecule has 2 rings (SSSR count). The Bertz CT molecular complexity index is 625. The SMILES string of the molecule is CCC(C)n1ccc(CC(O)c2c(F)ccc(C)c2F)n1. The second-order valence-corrected chi connectivity index (χ2v) is 5.36. The highest BCUT2D eigenvalue weighted by molar-refractivity contribution is 5.29. The quantitative estimate of drug-likeness (QED) is 0.912. The molecule has 21 heavy (non-hydrogen) atoms. The van der Waals surface area contributed by atoms with Crippen LogP contribution in [0.3, 0.4) is 0 Å². The average Bonchev–Trinajstić information content (AvgIpc) is 2.91. The highest BCUT2D eigenvalue weighted by Gasteiger charge is 2.21. The number of hydrogen-bond donors (Lipinski definition) is 1. The van der Waals surface area contributed by atoms with E-state index in [0.29, 0.717) is 11.3 Å². The molecule has 114 valence electrons. The Kier molecular flexibility index (Phi) is 4.73. The van der Waals surface area contributed by atoms with Crippen LogP contribution in [0.15, 0.2) is 24.4 Å². The van der Waals surface area contributed by atoms with Gasteiger partial charge in [-0.05, 0) is 38.0 Å². The Morgan fingerprint density at radius 2 is 2.00 bits per heavy atom. The first-order chi connectivity index (χ1) is 9.93. The topological polar surface area (TPSA) is 38.0 Å². The van der Waals surface area contributed by atoms with Crippen LogP contribution < -0.4 is 0 Å². The van der Waals surface area contributed by atoms with Gasteiger partial charge in [-0.15, -0.1) is 0 Å². The number of hydrogen-bond acceptors (Lipinski definition) is 2. The van der Waals surface area contributed by atoms with Gasteiger partial charge in [-0.2, -0.15) is 5.10 Å². The van der Waals surface area contributed by atoms with Crippen molar-refractivity contribution in [2.45, 2.75) is 45.8 Å². The maximum Gasteiger partial charge on any atom is 0.134 e. The second kappa shape index (κ2) is 6.35. The van der Waals surface area contributed by atoms with Gasteiger partial charge in [-0.3, -0.25) is 4.68 Å². The van der Waals surface area contributed by atoms with E-state index in [0.717, 1.165) is 6.42 Å². The van der Waals surface area contributed by atoms with Crippen LogP contribution >= 0.6 is 0 Å². The lowest BCUT2D eigenvalue weighted by Crippen LogP contribution is -2.10. The minimum absolute atomic E-state index is 0.0841. The van der Waals surface area contributed by atoms with Crippen LogP contribution in [-0.4, -0.2) is 14.9 Å². The predicted molar refractivity (Wildman–Crippen MR) is 77.0 cm³/mol.